The number of hydrogen-bond acceptors (Lipinski definition) is 4. The van der Waals surface area contributed by atoms with Crippen LogP contribution in [0.15, 0.2) is 11.6 Å². The number of nitrogens with zero attached hydrogens (tertiary/aromatic N) is 3. The highest BCUT2D eigenvalue weighted by Gasteiger charge is 2.07. The molecule has 0 radical (unpaired) electrons. The van der Waals surface area contributed by atoms with Crippen molar-refractivity contribution >= 4 is 17.3 Å². The first-order valence-corrected chi connectivity index (χ1v) is 7.25. The van der Waals surface area contributed by atoms with Crippen LogP contribution in [0.1, 0.15) is 36.2 Å². The smallest absolute Gasteiger partial charge is 0.203 e. The summed E-state index contributed by atoms with van der Waals surface area (Å²) in [5.74, 6) is 0.953. The first-order valence-electron chi connectivity index (χ1n) is 6.37. The van der Waals surface area contributed by atoms with Crippen molar-refractivity contribution in [2.45, 2.75) is 40.2 Å². The van der Waals surface area contributed by atoms with E-state index in [4.69, 9.17) is 0 Å². The summed E-state index contributed by atoms with van der Waals surface area (Å²) in [5, 5.41) is 6.61. The summed E-state index contributed by atoms with van der Waals surface area (Å²) < 4.78 is 2.14. The maximum atomic E-state index is 4.51. The van der Waals surface area contributed by atoms with Crippen molar-refractivity contribution in [2.24, 2.45) is 0 Å². The van der Waals surface area contributed by atoms with Crippen LogP contribution in [0.25, 0.3) is 0 Å². The zero-order valence-corrected chi connectivity index (χ0v) is 12.0. The number of anilines is 1. The first kappa shape index (κ1) is 13.1. The van der Waals surface area contributed by atoms with E-state index in [2.05, 4.69) is 38.4 Å². The second kappa shape index (κ2) is 6.00. The molecule has 0 aliphatic heterocycles. The van der Waals surface area contributed by atoms with Gasteiger partial charge in [-0.05, 0) is 20.3 Å². The first-order chi connectivity index (χ1) is 8.69. The molecule has 0 amide bonds. The van der Waals surface area contributed by atoms with Crippen molar-refractivity contribution in [3.63, 3.8) is 0 Å². The fraction of sp³-hybridized carbons (Fsp3) is 0.538. The molecular formula is C13H20N4S. The van der Waals surface area contributed by atoms with Gasteiger partial charge in [-0.3, -0.25) is 0 Å². The average molecular weight is 264 g/mol. The molecule has 0 spiro atoms. The minimum atomic E-state index is 0.799. The van der Waals surface area contributed by atoms with E-state index in [-0.39, 0.29) is 0 Å². The van der Waals surface area contributed by atoms with Gasteiger partial charge in [-0.25, -0.2) is 9.97 Å². The van der Waals surface area contributed by atoms with Gasteiger partial charge in [-0.15, -0.1) is 11.3 Å². The highest BCUT2D eigenvalue weighted by molar-refractivity contribution is 7.09. The van der Waals surface area contributed by atoms with Gasteiger partial charge in [0.1, 0.15) is 5.01 Å². The zero-order valence-electron chi connectivity index (χ0n) is 11.2. The zero-order chi connectivity index (χ0) is 13.0. The molecule has 0 aliphatic rings. The predicted molar refractivity (Wildman–Crippen MR) is 76.3 cm³/mol. The Morgan fingerprint density at radius 1 is 1.28 bits per heavy atom. The molecule has 4 nitrogen and oxygen atoms in total. The Morgan fingerprint density at radius 2 is 2.11 bits per heavy atom. The molecule has 1 N–H and O–H groups in total. The van der Waals surface area contributed by atoms with Crippen molar-refractivity contribution in [1.29, 1.82) is 0 Å². The fourth-order valence-electron chi connectivity index (χ4n) is 1.81. The lowest BCUT2D eigenvalue weighted by atomic mass is 10.3. The summed E-state index contributed by atoms with van der Waals surface area (Å²) in [7, 11) is 0. The average Bonchev–Trinajstić information content (AvgIpc) is 2.87. The predicted octanol–water partition coefficient (Wildman–Crippen LogP) is 3.22. The summed E-state index contributed by atoms with van der Waals surface area (Å²) in [5.41, 5.74) is 2.13. The van der Waals surface area contributed by atoms with E-state index in [0.29, 0.717) is 0 Å². The lowest BCUT2D eigenvalue weighted by Gasteiger charge is -2.07. The number of rotatable bonds is 6. The van der Waals surface area contributed by atoms with Crippen molar-refractivity contribution in [3.05, 3.63) is 28.0 Å². The van der Waals surface area contributed by atoms with Crippen LogP contribution in [0.3, 0.4) is 0 Å². The van der Waals surface area contributed by atoms with Gasteiger partial charge in [0.2, 0.25) is 5.95 Å². The quantitative estimate of drug-likeness (QED) is 0.815. The lowest BCUT2D eigenvalue weighted by Crippen LogP contribution is -2.09. The van der Waals surface area contributed by atoms with Crippen LogP contribution in [-0.2, 0) is 6.54 Å². The molecule has 0 fully saturated rings. The molecule has 98 valence electrons. The van der Waals surface area contributed by atoms with Gasteiger partial charge in [-0.1, -0.05) is 13.3 Å². The molecule has 0 aromatic carbocycles. The fourth-order valence-corrected chi connectivity index (χ4v) is 2.58. The van der Waals surface area contributed by atoms with Gasteiger partial charge in [0.05, 0.1) is 12.2 Å². The van der Waals surface area contributed by atoms with Gasteiger partial charge < -0.3 is 9.88 Å². The maximum Gasteiger partial charge on any atom is 0.203 e. The van der Waals surface area contributed by atoms with Crippen LogP contribution in [0.2, 0.25) is 0 Å². The molecule has 2 aromatic heterocycles. The minimum absolute atomic E-state index is 0.799. The number of thiazole rings is 1. The van der Waals surface area contributed by atoms with E-state index < -0.39 is 0 Å². The second-order valence-electron chi connectivity index (χ2n) is 4.50. The largest absolute Gasteiger partial charge is 0.356 e. The summed E-state index contributed by atoms with van der Waals surface area (Å²) >= 11 is 1.70. The van der Waals surface area contributed by atoms with Crippen LogP contribution >= 0.6 is 11.3 Å². The molecule has 2 heterocycles. The Balaban J connectivity index is 2.06. The third kappa shape index (κ3) is 3.32. The summed E-state index contributed by atoms with van der Waals surface area (Å²) in [4.78, 5) is 9.01. The number of imidazole rings is 1. The SMILES string of the molecule is CCCCNc1nc(C)cn1Cc1nc(C)cs1. The molecule has 2 aromatic rings. The molecule has 0 aliphatic carbocycles. The number of aromatic nitrogens is 3. The van der Waals surface area contributed by atoms with Gasteiger partial charge in [0, 0.05) is 23.8 Å². The molecule has 0 saturated heterocycles. The Bertz CT molecular complexity index is 501. The van der Waals surface area contributed by atoms with Crippen LogP contribution in [0.5, 0.6) is 0 Å². The molecule has 5 heteroatoms. The highest BCUT2D eigenvalue weighted by atomic mass is 32.1. The van der Waals surface area contributed by atoms with Crippen LogP contribution in [0, 0.1) is 13.8 Å². The molecule has 2 rings (SSSR count). The second-order valence-corrected chi connectivity index (χ2v) is 5.44. The van der Waals surface area contributed by atoms with E-state index >= 15 is 0 Å². The Kier molecular flexibility index (Phi) is 4.36. The molecular weight excluding hydrogens is 244 g/mol. The van der Waals surface area contributed by atoms with E-state index in [9.17, 15) is 0 Å². The Hall–Kier alpha value is -1.36. The van der Waals surface area contributed by atoms with Gasteiger partial charge in [-0.2, -0.15) is 0 Å². The highest BCUT2D eigenvalue weighted by Crippen LogP contribution is 2.15. The van der Waals surface area contributed by atoms with E-state index in [1.807, 2.05) is 13.8 Å². The third-order valence-electron chi connectivity index (χ3n) is 2.68. The summed E-state index contributed by atoms with van der Waals surface area (Å²) in [6.07, 6.45) is 4.44. The number of nitrogens with one attached hydrogen (secondary N) is 1. The van der Waals surface area contributed by atoms with Crippen molar-refractivity contribution in [3.8, 4) is 0 Å². The van der Waals surface area contributed by atoms with E-state index in [0.717, 1.165) is 35.4 Å². The van der Waals surface area contributed by atoms with Crippen molar-refractivity contribution in [1.82, 2.24) is 14.5 Å². The van der Waals surface area contributed by atoms with Crippen LogP contribution < -0.4 is 5.32 Å². The van der Waals surface area contributed by atoms with Crippen LogP contribution in [0.4, 0.5) is 5.95 Å². The van der Waals surface area contributed by atoms with Gasteiger partial charge in [0.25, 0.3) is 0 Å². The maximum absolute atomic E-state index is 4.51. The summed E-state index contributed by atoms with van der Waals surface area (Å²) in [6, 6.07) is 0. The molecule has 0 bridgehead atoms. The number of unbranched alkanes of at least 4 members (excludes halogenated alkanes) is 1. The topological polar surface area (TPSA) is 42.7 Å². The monoisotopic (exact) mass is 264 g/mol. The Morgan fingerprint density at radius 3 is 2.78 bits per heavy atom. The number of hydrogen-bond donors (Lipinski definition) is 1. The van der Waals surface area contributed by atoms with Crippen LogP contribution in [-0.4, -0.2) is 21.1 Å². The number of aryl methyl sites for hydroxylation is 2. The van der Waals surface area contributed by atoms with E-state index in [1.165, 1.54) is 12.8 Å². The van der Waals surface area contributed by atoms with Crippen molar-refractivity contribution in [2.75, 3.05) is 11.9 Å². The third-order valence-corrected chi connectivity index (χ3v) is 3.63. The molecule has 0 atom stereocenters. The summed E-state index contributed by atoms with van der Waals surface area (Å²) in [6.45, 7) is 8.02. The van der Waals surface area contributed by atoms with Gasteiger partial charge in [0.15, 0.2) is 0 Å². The van der Waals surface area contributed by atoms with E-state index in [1.54, 1.807) is 11.3 Å². The molecule has 0 saturated carbocycles. The molecule has 18 heavy (non-hydrogen) atoms. The standard InChI is InChI=1S/C13H20N4S/c1-4-5-6-14-13-16-10(2)7-17(13)8-12-15-11(3)9-18-12/h7,9H,4-6,8H2,1-3H3,(H,14,16). The normalized spacial score (nSPS) is 10.8. The van der Waals surface area contributed by atoms with Gasteiger partial charge >= 0.3 is 0 Å². The molecule has 0 unspecified atom stereocenters. The Labute approximate surface area is 112 Å². The minimum Gasteiger partial charge on any atom is -0.356 e. The lowest BCUT2D eigenvalue weighted by molar-refractivity contribution is 0.770. The van der Waals surface area contributed by atoms with Crippen molar-refractivity contribution < 1.29 is 0 Å².